The number of thiol groups is 1. The number of phenolic OH excluding ortho intramolecular Hbond substituents is 1. The summed E-state index contributed by atoms with van der Waals surface area (Å²) >= 11 is 3.03. The first kappa shape index (κ1) is 22.6. The molecule has 0 atom stereocenters. The van der Waals surface area contributed by atoms with Gasteiger partial charge in [0, 0.05) is 11.1 Å². The van der Waals surface area contributed by atoms with E-state index in [1.54, 1.807) is 19.1 Å². The number of nitrogens with zero attached hydrogens (tertiary/aromatic N) is 1. The number of aryl methyl sites for hydroxylation is 1. The van der Waals surface area contributed by atoms with E-state index in [0.717, 1.165) is 18.4 Å². The molecule has 144 valence electrons. The summed E-state index contributed by atoms with van der Waals surface area (Å²) in [5, 5.41) is 9.99. The summed E-state index contributed by atoms with van der Waals surface area (Å²) in [5.41, 5.74) is 13.7. The van der Waals surface area contributed by atoms with Crippen molar-refractivity contribution in [3.8, 4) is 11.4 Å². The van der Waals surface area contributed by atoms with Crippen molar-refractivity contribution < 1.29 is 14.3 Å². The first-order valence-corrected chi connectivity index (χ1v) is 8.63. The zero-order valence-corrected chi connectivity index (χ0v) is 16.4. The zero-order chi connectivity index (χ0) is 20.9. The molecule has 1 fully saturated rings. The van der Waals surface area contributed by atoms with Crippen molar-refractivity contribution in [3.63, 3.8) is 0 Å². The number of pyridine rings is 1. The van der Waals surface area contributed by atoms with E-state index in [2.05, 4.69) is 19.6 Å². The standard InChI is InChI=1S/C17H19N3O3.CH3F.BHS/c1-8-3-6-13(21)9(2)14(8)20-15(18)12(16(19)22)7-11(17(20)23)10-4-5-10;2*1-2/h3,6-7,10,21H,4-5,18H2,1-2H3,(H2,19,22);1H3;2H. The predicted molar refractivity (Wildman–Crippen MR) is 110 cm³/mol. The number of anilines is 1. The number of benzene rings is 1. The van der Waals surface area contributed by atoms with Crippen LogP contribution >= 0.6 is 12.5 Å². The molecule has 1 heterocycles. The molecular formula is C18H23BFN3O3S. The molecule has 27 heavy (non-hydrogen) atoms. The van der Waals surface area contributed by atoms with Crippen molar-refractivity contribution >= 4 is 31.3 Å². The van der Waals surface area contributed by atoms with Gasteiger partial charge in [0.2, 0.25) is 0 Å². The van der Waals surface area contributed by atoms with Crippen molar-refractivity contribution in [3.05, 3.63) is 50.8 Å². The van der Waals surface area contributed by atoms with Gasteiger partial charge in [-0.2, -0.15) is 0 Å². The normalized spacial score (nSPS) is 12.3. The molecule has 3 rings (SSSR count). The van der Waals surface area contributed by atoms with Crippen molar-refractivity contribution in [2.45, 2.75) is 32.6 Å². The van der Waals surface area contributed by atoms with E-state index in [-0.39, 0.29) is 28.6 Å². The first-order chi connectivity index (χ1) is 12.8. The topological polar surface area (TPSA) is 111 Å². The summed E-state index contributed by atoms with van der Waals surface area (Å²) in [4.78, 5) is 24.6. The molecule has 6 nitrogen and oxygen atoms in total. The summed E-state index contributed by atoms with van der Waals surface area (Å²) in [6.07, 6.45) is 1.82. The number of alkyl halides is 1. The Morgan fingerprint density at radius 2 is 1.85 bits per heavy atom. The molecule has 1 saturated carbocycles. The molecule has 0 unspecified atom stereocenters. The number of hydrogen-bond donors (Lipinski definition) is 4. The van der Waals surface area contributed by atoms with Crippen LogP contribution in [0.2, 0.25) is 0 Å². The number of halogens is 1. The highest BCUT2D eigenvalue weighted by atomic mass is 32.1. The number of nitrogens with two attached hydrogens (primary N) is 2. The second-order valence-corrected chi connectivity index (χ2v) is 6.05. The predicted octanol–water partition coefficient (Wildman–Crippen LogP) is 2.30. The Hall–Kier alpha value is -2.42. The van der Waals surface area contributed by atoms with Crippen LogP contribution in [-0.2, 0) is 0 Å². The van der Waals surface area contributed by atoms with E-state index in [9.17, 15) is 19.1 Å². The minimum absolute atomic E-state index is 0.00343. The van der Waals surface area contributed by atoms with E-state index in [0.29, 0.717) is 24.0 Å². The van der Waals surface area contributed by atoms with E-state index < -0.39 is 5.91 Å². The maximum Gasteiger partial charge on any atom is 0.260 e. The maximum atomic E-state index is 12.9. The molecule has 9 heteroatoms. The van der Waals surface area contributed by atoms with E-state index in [1.807, 2.05) is 6.92 Å². The monoisotopic (exact) mass is 391 g/mol. The van der Waals surface area contributed by atoms with Crippen LogP contribution in [0.15, 0.2) is 23.0 Å². The number of amides is 1. The van der Waals surface area contributed by atoms with Crippen molar-refractivity contribution in [2.24, 2.45) is 5.73 Å². The van der Waals surface area contributed by atoms with Crippen LogP contribution in [-0.4, -0.2) is 29.9 Å². The number of hydrogen-bond acceptors (Lipinski definition) is 5. The molecule has 1 aliphatic rings. The Morgan fingerprint density at radius 1 is 1.30 bits per heavy atom. The van der Waals surface area contributed by atoms with Gasteiger partial charge in [0.15, 0.2) is 7.12 Å². The molecule has 5 N–H and O–H groups in total. The minimum Gasteiger partial charge on any atom is -0.508 e. The molecule has 1 aliphatic carbocycles. The van der Waals surface area contributed by atoms with E-state index in [1.165, 1.54) is 10.6 Å². The van der Waals surface area contributed by atoms with Gasteiger partial charge < -0.3 is 16.6 Å². The first-order valence-electron chi connectivity index (χ1n) is 8.11. The smallest absolute Gasteiger partial charge is 0.260 e. The van der Waals surface area contributed by atoms with Gasteiger partial charge in [0.25, 0.3) is 11.5 Å². The lowest BCUT2D eigenvalue weighted by Gasteiger charge is -2.19. The summed E-state index contributed by atoms with van der Waals surface area (Å²) in [5.74, 6) is -0.461. The molecule has 0 bridgehead atoms. The Balaban J connectivity index is 0.000000855. The number of nitrogen functional groups attached to an aromatic ring is 1. The third kappa shape index (κ3) is 4.47. The number of primary amides is 1. The van der Waals surface area contributed by atoms with Crippen molar-refractivity contribution in [1.82, 2.24) is 4.57 Å². The maximum absolute atomic E-state index is 12.9. The summed E-state index contributed by atoms with van der Waals surface area (Å²) < 4.78 is 10.8. The number of aromatic hydroxyl groups is 1. The molecule has 2 aromatic rings. The second kappa shape index (κ2) is 9.50. The highest BCUT2D eigenvalue weighted by molar-refractivity contribution is 8.03. The largest absolute Gasteiger partial charge is 0.508 e. The second-order valence-electron chi connectivity index (χ2n) is 6.05. The van der Waals surface area contributed by atoms with Crippen LogP contribution in [0.5, 0.6) is 5.75 Å². The number of aromatic nitrogens is 1. The quantitative estimate of drug-likeness (QED) is 0.475. The van der Waals surface area contributed by atoms with Gasteiger partial charge in [0.05, 0.1) is 18.4 Å². The van der Waals surface area contributed by atoms with Gasteiger partial charge in [-0.3, -0.25) is 18.5 Å². The average molecular weight is 391 g/mol. The lowest BCUT2D eigenvalue weighted by atomic mass is 10.0. The third-order valence-corrected chi connectivity index (χ3v) is 4.38. The minimum atomic E-state index is -0.673. The SMILES string of the molecule is CF.Cc1ccc(O)c(C)c1-n1c(N)c(C(N)=O)cc(C2CC2)c1=O.[B]S. The lowest BCUT2D eigenvalue weighted by molar-refractivity contribution is 0.100. The summed E-state index contributed by atoms with van der Waals surface area (Å²) in [7, 11) is 4.69. The molecule has 1 aromatic carbocycles. The fourth-order valence-electron chi connectivity index (χ4n) is 2.93. The molecule has 0 spiro atoms. The van der Waals surface area contributed by atoms with Crippen LogP contribution in [0.25, 0.3) is 5.69 Å². The van der Waals surface area contributed by atoms with Crippen LogP contribution in [0.1, 0.15) is 45.8 Å². The molecule has 1 aromatic heterocycles. The van der Waals surface area contributed by atoms with Crippen LogP contribution in [0.4, 0.5) is 10.2 Å². The van der Waals surface area contributed by atoms with Crippen LogP contribution in [0.3, 0.4) is 0 Å². The number of rotatable bonds is 3. The molecular weight excluding hydrogens is 368 g/mol. The van der Waals surface area contributed by atoms with Crippen molar-refractivity contribution in [2.75, 3.05) is 12.9 Å². The number of phenols is 1. The fourth-order valence-corrected chi connectivity index (χ4v) is 2.93. The average Bonchev–Trinajstić information content (AvgIpc) is 3.49. The van der Waals surface area contributed by atoms with Crippen LogP contribution < -0.4 is 17.0 Å². The molecule has 1 amide bonds. The van der Waals surface area contributed by atoms with Gasteiger partial charge in [-0.15, -0.1) is 0 Å². The Kier molecular flexibility index (Phi) is 7.96. The van der Waals surface area contributed by atoms with E-state index >= 15 is 0 Å². The highest BCUT2D eigenvalue weighted by Gasteiger charge is 2.30. The van der Waals surface area contributed by atoms with Gasteiger partial charge in [-0.1, -0.05) is 6.07 Å². The van der Waals surface area contributed by atoms with Gasteiger partial charge in [0.1, 0.15) is 11.6 Å². The number of carbonyl (C=O) groups is 1. The third-order valence-electron chi connectivity index (χ3n) is 4.38. The van der Waals surface area contributed by atoms with Gasteiger partial charge in [-0.25, -0.2) is 12.5 Å². The fraction of sp³-hybridized carbons (Fsp3) is 0.333. The van der Waals surface area contributed by atoms with Gasteiger partial charge in [-0.05, 0) is 50.3 Å². The summed E-state index contributed by atoms with van der Waals surface area (Å²) in [6, 6.07) is 4.79. The number of carbonyl (C=O) groups excluding carboxylic acids is 1. The highest BCUT2D eigenvalue weighted by Crippen LogP contribution is 2.39. The molecule has 2 radical (unpaired) electrons. The van der Waals surface area contributed by atoms with Gasteiger partial charge >= 0.3 is 0 Å². The summed E-state index contributed by atoms with van der Waals surface area (Å²) in [6.45, 7) is 3.53. The Labute approximate surface area is 164 Å². The molecule has 0 aliphatic heterocycles. The van der Waals surface area contributed by atoms with Crippen LogP contribution in [0, 0.1) is 13.8 Å². The Morgan fingerprint density at radius 3 is 2.33 bits per heavy atom. The van der Waals surface area contributed by atoms with Crippen molar-refractivity contribution in [1.29, 1.82) is 0 Å². The molecule has 0 saturated heterocycles. The lowest BCUT2D eigenvalue weighted by Crippen LogP contribution is -2.29. The Bertz CT molecular complexity index is 898. The zero-order valence-electron chi connectivity index (χ0n) is 15.5. The van der Waals surface area contributed by atoms with E-state index in [4.69, 9.17) is 11.5 Å².